The van der Waals surface area contributed by atoms with Crippen molar-refractivity contribution >= 4 is 22.7 Å². The third-order valence-corrected chi connectivity index (χ3v) is 3.75. The monoisotopic (exact) mass is 297 g/mol. The van der Waals surface area contributed by atoms with Gasteiger partial charge in [0.1, 0.15) is 5.75 Å². The van der Waals surface area contributed by atoms with Gasteiger partial charge in [0.15, 0.2) is 5.78 Å². The molecular weight excluding hydrogens is 282 g/mol. The van der Waals surface area contributed by atoms with Crippen molar-refractivity contribution in [3.8, 4) is 5.75 Å². The molecule has 0 bridgehead atoms. The van der Waals surface area contributed by atoms with E-state index in [0.717, 1.165) is 16.6 Å². The minimum absolute atomic E-state index is 0.0161. The first-order valence-corrected chi connectivity index (χ1v) is 6.84. The van der Waals surface area contributed by atoms with Crippen LogP contribution in [0.3, 0.4) is 0 Å². The van der Waals surface area contributed by atoms with Crippen molar-refractivity contribution < 1.29 is 18.7 Å². The number of nitrogens with zero attached hydrogens (tertiary/aromatic N) is 1. The number of aryl methyl sites for hydroxylation is 1. The van der Waals surface area contributed by atoms with Crippen LogP contribution in [-0.2, 0) is 7.05 Å². The van der Waals surface area contributed by atoms with Crippen molar-refractivity contribution in [1.29, 1.82) is 0 Å². The second-order valence-corrected chi connectivity index (χ2v) is 5.12. The van der Waals surface area contributed by atoms with E-state index in [4.69, 9.17) is 9.15 Å². The lowest BCUT2D eigenvalue weighted by Gasteiger charge is -2.03. The number of carbonyl (C=O) groups excluding carboxylic acids is 2. The van der Waals surface area contributed by atoms with Gasteiger partial charge in [-0.3, -0.25) is 4.79 Å². The molecule has 0 saturated heterocycles. The molecule has 0 spiro atoms. The molecule has 22 heavy (non-hydrogen) atoms. The van der Waals surface area contributed by atoms with Crippen molar-refractivity contribution in [2.75, 3.05) is 0 Å². The lowest BCUT2D eigenvalue weighted by atomic mass is 10.1. The summed E-state index contributed by atoms with van der Waals surface area (Å²) < 4.78 is 12.3. The van der Waals surface area contributed by atoms with Crippen LogP contribution in [0.1, 0.15) is 33.5 Å². The molecule has 3 aromatic rings. The molecule has 0 aliphatic heterocycles. The van der Waals surface area contributed by atoms with Gasteiger partial charge < -0.3 is 13.7 Å². The van der Waals surface area contributed by atoms with Crippen LogP contribution in [0.5, 0.6) is 5.75 Å². The highest BCUT2D eigenvalue weighted by atomic mass is 16.5. The number of carbonyl (C=O) groups is 2. The van der Waals surface area contributed by atoms with Gasteiger partial charge in [0.2, 0.25) is 5.76 Å². The first kappa shape index (κ1) is 14.1. The number of hydrogen-bond donors (Lipinski definition) is 0. The van der Waals surface area contributed by atoms with E-state index in [2.05, 4.69) is 0 Å². The quantitative estimate of drug-likeness (QED) is 0.422. The Bertz CT molecular complexity index is 872. The molecule has 0 aliphatic rings. The molecule has 0 aliphatic carbocycles. The van der Waals surface area contributed by atoms with Gasteiger partial charge in [-0.1, -0.05) is 0 Å². The summed E-state index contributed by atoms with van der Waals surface area (Å²) in [6.45, 7) is 3.43. The van der Waals surface area contributed by atoms with E-state index in [1.165, 1.54) is 19.3 Å². The van der Waals surface area contributed by atoms with E-state index < -0.39 is 5.97 Å². The van der Waals surface area contributed by atoms with Crippen molar-refractivity contribution in [2.45, 2.75) is 13.8 Å². The van der Waals surface area contributed by atoms with Gasteiger partial charge in [-0.25, -0.2) is 4.79 Å². The number of hydrogen-bond acceptors (Lipinski definition) is 4. The van der Waals surface area contributed by atoms with E-state index in [0.29, 0.717) is 11.3 Å². The molecule has 3 rings (SSSR count). The summed E-state index contributed by atoms with van der Waals surface area (Å²) in [6.07, 6.45) is 1.41. The SMILES string of the molecule is CC(=O)c1c(C)n(C)c2ccc(OC(=O)c3ccco3)cc12. The summed E-state index contributed by atoms with van der Waals surface area (Å²) in [5.74, 6) is -0.0721. The highest BCUT2D eigenvalue weighted by Gasteiger charge is 2.17. The molecule has 2 aromatic heterocycles. The normalized spacial score (nSPS) is 10.9. The highest BCUT2D eigenvalue weighted by Crippen LogP contribution is 2.29. The number of rotatable bonds is 3. The summed E-state index contributed by atoms with van der Waals surface area (Å²) >= 11 is 0. The number of benzene rings is 1. The van der Waals surface area contributed by atoms with Gasteiger partial charge >= 0.3 is 5.97 Å². The van der Waals surface area contributed by atoms with E-state index in [-0.39, 0.29) is 11.5 Å². The lowest BCUT2D eigenvalue weighted by Crippen LogP contribution is -2.07. The van der Waals surface area contributed by atoms with Crippen LogP contribution in [0.15, 0.2) is 41.0 Å². The van der Waals surface area contributed by atoms with Crippen LogP contribution >= 0.6 is 0 Å². The zero-order valence-electron chi connectivity index (χ0n) is 12.5. The Morgan fingerprint density at radius 3 is 2.64 bits per heavy atom. The first-order chi connectivity index (χ1) is 10.5. The summed E-state index contributed by atoms with van der Waals surface area (Å²) in [6, 6.07) is 8.40. The van der Waals surface area contributed by atoms with E-state index in [1.54, 1.807) is 18.2 Å². The molecule has 5 heteroatoms. The minimum Gasteiger partial charge on any atom is -0.457 e. The van der Waals surface area contributed by atoms with Gasteiger partial charge in [0.05, 0.1) is 6.26 Å². The molecule has 0 unspecified atom stereocenters. The molecule has 0 amide bonds. The Labute approximate surface area is 127 Å². The van der Waals surface area contributed by atoms with Gasteiger partial charge in [-0.2, -0.15) is 0 Å². The van der Waals surface area contributed by atoms with Crippen molar-refractivity contribution in [2.24, 2.45) is 7.05 Å². The van der Waals surface area contributed by atoms with E-state index in [9.17, 15) is 9.59 Å². The van der Waals surface area contributed by atoms with Crippen molar-refractivity contribution in [1.82, 2.24) is 4.57 Å². The van der Waals surface area contributed by atoms with Gasteiger partial charge in [-0.05, 0) is 44.2 Å². The summed E-state index contributed by atoms with van der Waals surface area (Å²) in [5, 5.41) is 0.775. The fraction of sp³-hybridized carbons (Fsp3) is 0.176. The lowest BCUT2D eigenvalue weighted by molar-refractivity contribution is 0.0701. The maximum Gasteiger partial charge on any atom is 0.379 e. The van der Waals surface area contributed by atoms with E-state index in [1.807, 2.05) is 24.6 Å². The van der Waals surface area contributed by atoms with Crippen LogP contribution in [0.2, 0.25) is 0 Å². The Morgan fingerprint density at radius 2 is 2.00 bits per heavy atom. The van der Waals surface area contributed by atoms with Crippen LogP contribution in [0.25, 0.3) is 10.9 Å². The number of esters is 1. The van der Waals surface area contributed by atoms with Gasteiger partial charge in [0.25, 0.3) is 0 Å². The number of aromatic nitrogens is 1. The fourth-order valence-corrected chi connectivity index (χ4v) is 2.61. The molecule has 0 fully saturated rings. The first-order valence-electron chi connectivity index (χ1n) is 6.84. The molecular formula is C17H15NO4. The van der Waals surface area contributed by atoms with Crippen LogP contribution in [0.4, 0.5) is 0 Å². The third kappa shape index (κ3) is 2.20. The average molecular weight is 297 g/mol. The maximum absolute atomic E-state index is 11.9. The number of ketones is 1. The second kappa shape index (κ2) is 5.18. The molecule has 0 saturated carbocycles. The molecule has 112 valence electrons. The Kier molecular flexibility index (Phi) is 3.33. The van der Waals surface area contributed by atoms with Gasteiger partial charge in [-0.15, -0.1) is 0 Å². The smallest absolute Gasteiger partial charge is 0.379 e. The third-order valence-electron chi connectivity index (χ3n) is 3.75. The number of fused-ring (bicyclic) bond motifs is 1. The molecule has 0 N–H and O–H groups in total. The maximum atomic E-state index is 11.9. The van der Waals surface area contributed by atoms with Gasteiger partial charge in [0, 0.05) is 29.2 Å². The van der Waals surface area contributed by atoms with Crippen molar-refractivity contribution in [3.63, 3.8) is 0 Å². The highest BCUT2D eigenvalue weighted by molar-refractivity contribution is 6.08. The van der Waals surface area contributed by atoms with E-state index >= 15 is 0 Å². The molecule has 5 nitrogen and oxygen atoms in total. The molecule has 2 heterocycles. The summed E-state index contributed by atoms with van der Waals surface area (Å²) in [7, 11) is 1.90. The van der Waals surface area contributed by atoms with Crippen LogP contribution < -0.4 is 4.74 Å². The largest absolute Gasteiger partial charge is 0.457 e. The number of furan rings is 1. The molecule has 0 radical (unpaired) electrons. The summed E-state index contributed by atoms with van der Waals surface area (Å²) in [5.41, 5.74) is 2.45. The predicted octanol–water partition coefficient (Wildman–Crippen LogP) is 3.50. The number of ether oxygens (including phenoxy) is 1. The second-order valence-electron chi connectivity index (χ2n) is 5.12. The fourth-order valence-electron chi connectivity index (χ4n) is 2.61. The Balaban J connectivity index is 2.04. The van der Waals surface area contributed by atoms with Crippen LogP contribution in [0, 0.1) is 6.92 Å². The predicted molar refractivity (Wildman–Crippen MR) is 81.3 cm³/mol. The zero-order chi connectivity index (χ0) is 15.9. The Hall–Kier alpha value is -2.82. The zero-order valence-corrected chi connectivity index (χ0v) is 12.5. The standard InChI is InChI=1S/C17H15NO4/c1-10-16(11(2)19)13-9-12(6-7-14(13)18(10)3)22-17(20)15-5-4-8-21-15/h4-9H,1-3H3. The van der Waals surface area contributed by atoms with Crippen LogP contribution in [-0.4, -0.2) is 16.3 Å². The minimum atomic E-state index is -0.568. The molecule has 1 aromatic carbocycles. The van der Waals surface area contributed by atoms with Crippen molar-refractivity contribution in [3.05, 3.63) is 53.6 Å². The average Bonchev–Trinajstić information content (AvgIpc) is 3.07. The number of Topliss-reactive ketones (excluding diaryl/α,β-unsaturated/α-hetero) is 1. The summed E-state index contributed by atoms with van der Waals surface area (Å²) in [4.78, 5) is 23.8. The topological polar surface area (TPSA) is 61.4 Å². The Morgan fingerprint density at radius 1 is 1.23 bits per heavy atom. The molecule has 0 atom stereocenters.